The highest BCUT2D eigenvalue weighted by Crippen LogP contribution is 2.29. The molecule has 2 aromatic carbocycles. The minimum absolute atomic E-state index is 0.0243. The first-order valence-corrected chi connectivity index (χ1v) is 9.96. The first-order chi connectivity index (χ1) is 13.4. The lowest BCUT2D eigenvalue weighted by Gasteiger charge is -2.16. The lowest BCUT2D eigenvalue weighted by atomic mass is 10.1. The molecule has 0 bridgehead atoms. The number of hydrogen-bond acceptors (Lipinski definition) is 6. The van der Waals surface area contributed by atoms with E-state index in [2.05, 4.69) is 5.43 Å². The largest absolute Gasteiger partial charge is 0.497 e. The third-order valence-corrected chi connectivity index (χ3v) is 6.47. The summed E-state index contributed by atoms with van der Waals surface area (Å²) in [5.74, 6) is 0.423. The summed E-state index contributed by atoms with van der Waals surface area (Å²) in [6, 6.07) is 11.5. The quantitative estimate of drug-likeness (QED) is 0.698. The van der Waals surface area contributed by atoms with E-state index in [1.165, 1.54) is 14.2 Å². The fourth-order valence-electron chi connectivity index (χ4n) is 2.96. The van der Waals surface area contributed by atoms with Gasteiger partial charge in [-0.1, -0.05) is 30.3 Å². The number of methoxy groups -OCH3 is 2. The van der Waals surface area contributed by atoms with Crippen molar-refractivity contribution in [2.45, 2.75) is 18.2 Å². The Hall–Kier alpha value is -2.91. The molecule has 3 rings (SSSR count). The molecular formula is C19H20N2O6S. The Kier molecular flexibility index (Phi) is 5.66. The number of rotatable bonds is 7. The summed E-state index contributed by atoms with van der Waals surface area (Å²) < 4.78 is 37.1. The predicted octanol–water partition coefficient (Wildman–Crippen LogP) is 1.30. The Labute approximate surface area is 163 Å². The van der Waals surface area contributed by atoms with Crippen LogP contribution in [-0.2, 0) is 27.8 Å². The normalized spacial score (nSPS) is 18.5. The third-order valence-electron chi connectivity index (χ3n) is 4.54. The summed E-state index contributed by atoms with van der Waals surface area (Å²) >= 11 is 0. The van der Waals surface area contributed by atoms with E-state index in [0.29, 0.717) is 34.5 Å². The molecule has 2 aromatic rings. The van der Waals surface area contributed by atoms with Gasteiger partial charge in [-0.05, 0) is 17.2 Å². The summed E-state index contributed by atoms with van der Waals surface area (Å²) in [5, 5.41) is -1.26. The predicted molar refractivity (Wildman–Crippen MR) is 101 cm³/mol. The lowest BCUT2D eigenvalue weighted by molar-refractivity contribution is -0.122. The van der Waals surface area contributed by atoms with Gasteiger partial charge in [-0.2, -0.15) is 0 Å². The average molecular weight is 404 g/mol. The highest BCUT2D eigenvalue weighted by Gasteiger charge is 2.45. The van der Waals surface area contributed by atoms with Gasteiger partial charge in [0.2, 0.25) is 10.0 Å². The van der Waals surface area contributed by atoms with E-state index in [-0.39, 0.29) is 13.0 Å². The van der Waals surface area contributed by atoms with E-state index < -0.39 is 21.2 Å². The van der Waals surface area contributed by atoms with Crippen LogP contribution in [0.3, 0.4) is 0 Å². The van der Waals surface area contributed by atoms with Crippen molar-refractivity contribution in [1.29, 1.82) is 0 Å². The van der Waals surface area contributed by atoms with Crippen LogP contribution in [0.2, 0.25) is 0 Å². The second-order valence-corrected chi connectivity index (χ2v) is 8.30. The summed E-state index contributed by atoms with van der Waals surface area (Å²) in [7, 11) is -0.928. The third kappa shape index (κ3) is 3.85. The second-order valence-electron chi connectivity index (χ2n) is 6.26. The van der Waals surface area contributed by atoms with Crippen LogP contribution in [-0.4, -0.2) is 44.5 Å². The fourth-order valence-corrected chi connectivity index (χ4v) is 4.53. The average Bonchev–Trinajstić information content (AvgIpc) is 2.91. The number of benzene rings is 2. The number of carbonyl (C=O) groups excluding carboxylic acids is 2. The van der Waals surface area contributed by atoms with Gasteiger partial charge in [0.15, 0.2) is 5.25 Å². The maximum atomic E-state index is 12.9. The van der Waals surface area contributed by atoms with Crippen LogP contribution in [0.25, 0.3) is 0 Å². The van der Waals surface area contributed by atoms with E-state index in [1.807, 2.05) is 0 Å². The molecule has 0 aromatic heterocycles. The molecule has 1 fully saturated rings. The molecule has 1 N–H and O–H groups in total. The first kappa shape index (κ1) is 19.8. The number of aldehydes is 1. The molecule has 0 aliphatic carbocycles. The first-order valence-electron chi connectivity index (χ1n) is 8.46. The number of nitrogens with zero attached hydrogens (tertiary/aromatic N) is 1. The highest BCUT2D eigenvalue weighted by atomic mass is 32.2. The molecule has 148 valence electrons. The van der Waals surface area contributed by atoms with Gasteiger partial charge in [-0.3, -0.25) is 15.0 Å². The molecule has 1 unspecified atom stereocenters. The highest BCUT2D eigenvalue weighted by molar-refractivity contribution is 7.90. The minimum Gasteiger partial charge on any atom is -0.497 e. The van der Waals surface area contributed by atoms with Crippen LogP contribution >= 0.6 is 0 Å². The number of sulfonamides is 1. The molecule has 8 nitrogen and oxygen atoms in total. The van der Waals surface area contributed by atoms with Gasteiger partial charge in [0.1, 0.15) is 17.8 Å². The van der Waals surface area contributed by atoms with Crippen molar-refractivity contribution < 1.29 is 27.5 Å². The minimum atomic E-state index is -3.91. The molecule has 0 saturated carbocycles. The Morgan fingerprint density at radius 3 is 2.43 bits per heavy atom. The number of hydrogen-bond donors (Lipinski definition) is 1. The van der Waals surface area contributed by atoms with Gasteiger partial charge in [0.25, 0.3) is 5.91 Å². The molecular weight excluding hydrogens is 384 g/mol. The lowest BCUT2D eigenvalue weighted by Crippen LogP contribution is -2.35. The number of hydrazine groups is 1. The van der Waals surface area contributed by atoms with E-state index in [4.69, 9.17) is 9.47 Å². The fraction of sp³-hybridized carbons (Fsp3) is 0.263. The molecule has 0 radical (unpaired) electrons. The maximum Gasteiger partial charge on any atom is 0.255 e. The van der Waals surface area contributed by atoms with Crippen molar-refractivity contribution >= 4 is 22.2 Å². The van der Waals surface area contributed by atoms with Crippen LogP contribution in [0.1, 0.15) is 21.5 Å². The summed E-state index contributed by atoms with van der Waals surface area (Å²) in [6.07, 6.45) is 0.679. The zero-order valence-corrected chi connectivity index (χ0v) is 16.2. The van der Waals surface area contributed by atoms with Crippen LogP contribution in [0.15, 0.2) is 42.5 Å². The molecule has 1 heterocycles. The van der Waals surface area contributed by atoms with Gasteiger partial charge < -0.3 is 9.47 Å². The van der Waals surface area contributed by atoms with E-state index in [1.54, 1.807) is 42.5 Å². The number of amides is 1. The molecule has 1 atom stereocenters. The van der Waals surface area contributed by atoms with Crippen LogP contribution < -0.4 is 14.9 Å². The summed E-state index contributed by atoms with van der Waals surface area (Å²) in [5.41, 5.74) is 4.15. The summed E-state index contributed by atoms with van der Waals surface area (Å²) in [6.45, 7) is -0.0243. The Morgan fingerprint density at radius 1 is 1.11 bits per heavy atom. The van der Waals surface area contributed by atoms with Gasteiger partial charge in [-0.25, -0.2) is 8.42 Å². The second kappa shape index (κ2) is 7.99. The van der Waals surface area contributed by atoms with Crippen molar-refractivity contribution in [2.24, 2.45) is 0 Å². The smallest absolute Gasteiger partial charge is 0.255 e. The zero-order valence-electron chi connectivity index (χ0n) is 15.4. The Balaban J connectivity index is 1.81. The number of nitrogens with one attached hydrogen (secondary N) is 1. The van der Waals surface area contributed by atoms with Crippen molar-refractivity contribution in [2.75, 3.05) is 14.2 Å². The molecule has 0 spiro atoms. The van der Waals surface area contributed by atoms with Crippen molar-refractivity contribution in [1.82, 2.24) is 9.84 Å². The Bertz CT molecular complexity index is 988. The van der Waals surface area contributed by atoms with Crippen molar-refractivity contribution in [3.63, 3.8) is 0 Å². The monoisotopic (exact) mass is 404 g/mol. The van der Waals surface area contributed by atoms with Crippen molar-refractivity contribution in [3.05, 3.63) is 59.2 Å². The topological polar surface area (TPSA) is 102 Å². The zero-order chi connectivity index (χ0) is 20.3. The number of ether oxygens (including phenoxy) is 2. The van der Waals surface area contributed by atoms with Gasteiger partial charge in [0, 0.05) is 18.1 Å². The standard InChI is InChI=1S/C19H20N2O6S/c1-26-16-8-7-15(17(10-16)27-2)9-18-19(23)20-21(28(18,24)25)11-13-3-5-14(12-22)6-4-13/h3-8,10,12,18H,9,11H2,1-2H3,(H,20,23). The molecule has 1 aliphatic heterocycles. The molecule has 28 heavy (non-hydrogen) atoms. The molecule has 1 aliphatic rings. The van der Waals surface area contributed by atoms with Crippen LogP contribution in [0.4, 0.5) is 0 Å². The van der Waals surface area contributed by atoms with Gasteiger partial charge in [-0.15, -0.1) is 4.41 Å². The van der Waals surface area contributed by atoms with E-state index in [9.17, 15) is 18.0 Å². The van der Waals surface area contributed by atoms with Crippen molar-refractivity contribution in [3.8, 4) is 11.5 Å². The van der Waals surface area contributed by atoms with Crippen LogP contribution in [0, 0.1) is 0 Å². The SMILES string of the molecule is COc1ccc(CC2C(=O)NN(Cc3ccc(C=O)cc3)S2(=O)=O)c(OC)c1. The molecule has 1 saturated heterocycles. The Morgan fingerprint density at radius 2 is 1.82 bits per heavy atom. The van der Waals surface area contributed by atoms with Gasteiger partial charge in [0.05, 0.1) is 20.8 Å². The van der Waals surface area contributed by atoms with Crippen LogP contribution in [0.5, 0.6) is 11.5 Å². The molecule has 1 amide bonds. The summed E-state index contributed by atoms with van der Waals surface area (Å²) in [4.78, 5) is 23.1. The molecule has 9 heteroatoms. The van der Waals surface area contributed by atoms with E-state index in [0.717, 1.165) is 4.41 Å². The number of carbonyl (C=O) groups is 2. The van der Waals surface area contributed by atoms with Gasteiger partial charge >= 0.3 is 0 Å². The van der Waals surface area contributed by atoms with E-state index >= 15 is 0 Å². The maximum absolute atomic E-state index is 12.9.